The van der Waals surface area contributed by atoms with E-state index >= 15 is 0 Å². The van der Waals surface area contributed by atoms with E-state index in [2.05, 4.69) is 47.1 Å². The van der Waals surface area contributed by atoms with Gasteiger partial charge in [0.2, 0.25) is 0 Å². The quantitative estimate of drug-likeness (QED) is 0.847. The monoisotopic (exact) mass is 234 g/mol. The summed E-state index contributed by atoms with van der Waals surface area (Å²) in [5.74, 6) is 0. The molecule has 0 radical (unpaired) electrons. The van der Waals surface area contributed by atoms with Gasteiger partial charge in [-0.1, -0.05) is 30.3 Å². The van der Waals surface area contributed by atoms with E-state index in [1.807, 2.05) is 0 Å². The van der Waals surface area contributed by atoms with Crippen molar-refractivity contribution in [2.24, 2.45) is 0 Å². The van der Waals surface area contributed by atoms with Gasteiger partial charge in [-0.3, -0.25) is 9.80 Å². The van der Waals surface area contributed by atoms with Crippen molar-refractivity contribution in [3.63, 3.8) is 0 Å². The average Bonchev–Trinajstić information content (AvgIpc) is 2.34. The molecule has 3 heteroatoms. The van der Waals surface area contributed by atoms with Gasteiger partial charge in [-0.15, -0.1) is 0 Å². The molecule has 0 saturated carbocycles. The van der Waals surface area contributed by atoms with E-state index in [0.29, 0.717) is 6.04 Å². The van der Waals surface area contributed by atoms with Crippen molar-refractivity contribution in [1.29, 1.82) is 0 Å². The Morgan fingerprint density at radius 1 is 1.24 bits per heavy atom. The van der Waals surface area contributed by atoms with Gasteiger partial charge in [-0.05, 0) is 12.5 Å². The summed E-state index contributed by atoms with van der Waals surface area (Å²) in [6, 6.07) is 11.2. The number of β-amino-alcohol motifs (C(OH)–C–C–N with tert-alkyl or cyclic N) is 1. The topological polar surface area (TPSA) is 26.7 Å². The van der Waals surface area contributed by atoms with Crippen LogP contribution >= 0.6 is 0 Å². The van der Waals surface area contributed by atoms with Gasteiger partial charge in [0, 0.05) is 38.8 Å². The van der Waals surface area contributed by atoms with Crippen LogP contribution in [0.15, 0.2) is 30.3 Å². The fraction of sp³-hybridized carbons (Fsp3) is 0.571. The highest BCUT2D eigenvalue weighted by Crippen LogP contribution is 2.13. The molecule has 17 heavy (non-hydrogen) atoms. The van der Waals surface area contributed by atoms with Crippen LogP contribution in [-0.2, 0) is 6.54 Å². The predicted octanol–water partition coefficient (Wildman–Crippen LogP) is 1.18. The van der Waals surface area contributed by atoms with Crippen molar-refractivity contribution in [3.8, 4) is 0 Å². The van der Waals surface area contributed by atoms with E-state index in [-0.39, 0.29) is 6.61 Å². The van der Waals surface area contributed by atoms with Gasteiger partial charge in [-0.2, -0.15) is 0 Å². The molecular weight excluding hydrogens is 212 g/mol. The Labute approximate surface area is 104 Å². The molecule has 1 aromatic rings. The smallest absolute Gasteiger partial charge is 0.0558 e. The van der Waals surface area contributed by atoms with Gasteiger partial charge in [-0.25, -0.2) is 0 Å². The molecule has 1 unspecified atom stereocenters. The van der Waals surface area contributed by atoms with Crippen LogP contribution in [0.3, 0.4) is 0 Å². The van der Waals surface area contributed by atoms with E-state index in [1.165, 1.54) is 5.56 Å². The SMILES string of the molecule is CC1CN(CCO)CCN1Cc1ccccc1. The van der Waals surface area contributed by atoms with Crippen LogP contribution in [0.25, 0.3) is 0 Å². The zero-order chi connectivity index (χ0) is 12.1. The van der Waals surface area contributed by atoms with Gasteiger partial charge in [0.25, 0.3) is 0 Å². The Bertz CT molecular complexity index is 328. The van der Waals surface area contributed by atoms with E-state index in [1.54, 1.807) is 0 Å². The predicted molar refractivity (Wildman–Crippen MR) is 69.8 cm³/mol. The molecule has 3 nitrogen and oxygen atoms in total. The van der Waals surface area contributed by atoms with Gasteiger partial charge < -0.3 is 5.11 Å². The van der Waals surface area contributed by atoms with Crippen molar-refractivity contribution < 1.29 is 5.11 Å². The second kappa shape index (κ2) is 6.15. The lowest BCUT2D eigenvalue weighted by atomic mass is 10.1. The number of hydrogen-bond acceptors (Lipinski definition) is 3. The van der Waals surface area contributed by atoms with Crippen molar-refractivity contribution in [2.45, 2.75) is 19.5 Å². The number of benzene rings is 1. The van der Waals surface area contributed by atoms with Crippen LogP contribution in [0, 0.1) is 0 Å². The summed E-state index contributed by atoms with van der Waals surface area (Å²) >= 11 is 0. The minimum absolute atomic E-state index is 0.269. The van der Waals surface area contributed by atoms with Crippen molar-refractivity contribution in [3.05, 3.63) is 35.9 Å². The second-order valence-electron chi connectivity index (χ2n) is 4.83. The minimum Gasteiger partial charge on any atom is -0.395 e. The molecule has 0 aliphatic carbocycles. The molecule has 1 aliphatic heterocycles. The Kier molecular flexibility index (Phi) is 4.54. The Morgan fingerprint density at radius 3 is 2.65 bits per heavy atom. The van der Waals surface area contributed by atoms with Gasteiger partial charge in [0.05, 0.1) is 6.61 Å². The second-order valence-corrected chi connectivity index (χ2v) is 4.83. The normalized spacial score (nSPS) is 22.8. The first-order valence-corrected chi connectivity index (χ1v) is 6.41. The summed E-state index contributed by atoms with van der Waals surface area (Å²) in [5, 5.41) is 8.95. The molecule has 1 fully saturated rings. The molecule has 1 saturated heterocycles. The third-order valence-corrected chi connectivity index (χ3v) is 3.49. The van der Waals surface area contributed by atoms with Crippen LogP contribution in [0.2, 0.25) is 0 Å². The van der Waals surface area contributed by atoms with Gasteiger partial charge >= 0.3 is 0 Å². The third kappa shape index (κ3) is 3.53. The van der Waals surface area contributed by atoms with E-state index < -0.39 is 0 Å². The van der Waals surface area contributed by atoms with E-state index in [4.69, 9.17) is 5.11 Å². The van der Waals surface area contributed by atoms with Gasteiger partial charge in [0.1, 0.15) is 0 Å². The zero-order valence-electron chi connectivity index (χ0n) is 10.5. The molecule has 1 atom stereocenters. The lowest BCUT2D eigenvalue weighted by molar-refractivity contribution is 0.0664. The molecule has 1 N–H and O–H groups in total. The first-order chi connectivity index (χ1) is 8.29. The number of nitrogens with zero attached hydrogens (tertiary/aromatic N) is 2. The van der Waals surface area contributed by atoms with Crippen LogP contribution < -0.4 is 0 Å². The first-order valence-electron chi connectivity index (χ1n) is 6.41. The molecule has 1 aromatic carbocycles. The maximum atomic E-state index is 8.95. The van der Waals surface area contributed by atoms with E-state index in [9.17, 15) is 0 Å². The number of piperazine rings is 1. The van der Waals surface area contributed by atoms with Crippen LogP contribution in [0.1, 0.15) is 12.5 Å². The van der Waals surface area contributed by atoms with Crippen molar-refractivity contribution in [1.82, 2.24) is 9.80 Å². The average molecular weight is 234 g/mol. The minimum atomic E-state index is 0.269. The first kappa shape index (κ1) is 12.6. The Morgan fingerprint density at radius 2 is 2.00 bits per heavy atom. The lowest BCUT2D eigenvalue weighted by Crippen LogP contribution is -2.51. The summed E-state index contributed by atoms with van der Waals surface area (Å²) in [5.41, 5.74) is 1.38. The summed E-state index contributed by atoms with van der Waals surface area (Å²) < 4.78 is 0. The van der Waals surface area contributed by atoms with E-state index in [0.717, 1.165) is 32.7 Å². The largest absolute Gasteiger partial charge is 0.395 e. The van der Waals surface area contributed by atoms with Crippen LogP contribution in [-0.4, -0.2) is 53.7 Å². The Hall–Kier alpha value is -0.900. The standard InChI is InChI=1S/C14H22N2O/c1-13-11-15(9-10-17)7-8-16(13)12-14-5-3-2-4-6-14/h2-6,13,17H,7-12H2,1H3. The third-order valence-electron chi connectivity index (χ3n) is 3.49. The summed E-state index contributed by atoms with van der Waals surface area (Å²) in [7, 11) is 0. The van der Waals surface area contributed by atoms with Crippen molar-refractivity contribution >= 4 is 0 Å². The number of hydrogen-bond donors (Lipinski definition) is 1. The number of rotatable bonds is 4. The molecule has 1 heterocycles. The molecule has 0 bridgehead atoms. The fourth-order valence-electron chi connectivity index (χ4n) is 2.47. The Balaban J connectivity index is 1.87. The molecule has 0 amide bonds. The molecule has 94 valence electrons. The zero-order valence-corrected chi connectivity index (χ0v) is 10.5. The molecule has 2 rings (SSSR count). The maximum Gasteiger partial charge on any atom is 0.0558 e. The molecular formula is C14H22N2O. The summed E-state index contributed by atoms with van der Waals surface area (Å²) in [6.45, 7) is 7.61. The summed E-state index contributed by atoms with van der Waals surface area (Å²) in [6.07, 6.45) is 0. The molecule has 0 aromatic heterocycles. The number of aliphatic hydroxyl groups excluding tert-OH is 1. The highest BCUT2D eigenvalue weighted by atomic mass is 16.3. The van der Waals surface area contributed by atoms with Crippen LogP contribution in [0.5, 0.6) is 0 Å². The van der Waals surface area contributed by atoms with Gasteiger partial charge in [0.15, 0.2) is 0 Å². The maximum absolute atomic E-state index is 8.95. The lowest BCUT2D eigenvalue weighted by Gasteiger charge is -2.39. The highest BCUT2D eigenvalue weighted by molar-refractivity contribution is 5.14. The molecule has 0 spiro atoms. The fourth-order valence-corrected chi connectivity index (χ4v) is 2.47. The molecule has 1 aliphatic rings. The summed E-state index contributed by atoms with van der Waals surface area (Å²) in [4.78, 5) is 4.86. The van der Waals surface area contributed by atoms with Crippen molar-refractivity contribution in [2.75, 3.05) is 32.8 Å². The highest BCUT2D eigenvalue weighted by Gasteiger charge is 2.22. The number of aliphatic hydroxyl groups is 1. The van der Waals surface area contributed by atoms with Crippen LogP contribution in [0.4, 0.5) is 0 Å².